The van der Waals surface area contributed by atoms with Gasteiger partial charge < -0.3 is 15.2 Å². The van der Waals surface area contributed by atoms with Crippen LogP contribution in [0.2, 0.25) is 0 Å². The van der Waals surface area contributed by atoms with Crippen molar-refractivity contribution in [3.8, 4) is 0 Å². The fraction of sp³-hybridized carbons (Fsp3) is 0.500. The quantitative estimate of drug-likeness (QED) is 0.773. The third-order valence-corrected chi connectivity index (χ3v) is 4.81. The monoisotopic (exact) mass is 304 g/mol. The maximum absolute atomic E-state index is 13.2. The van der Waals surface area contributed by atoms with Gasteiger partial charge >= 0.3 is 0 Å². The first-order valence-corrected chi connectivity index (χ1v) is 7.54. The van der Waals surface area contributed by atoms with Gasteiger partial charge in [-0.3, -0.25) is 0 Å². The molecule has 1 aromatic rings. The number of anilines is 1. The second kappa shape index (κ2) is 5.65. The molecule has 1 aromatic carbocycles. The summed E-state index contributed by atoms with van der Waals surface area (Å²) in [6, 6.07) is 3.22. The van der Waals surface area contributed by atoms with Crippen LogP contribution in [0.5, 0.6) is 0 Å². The standard InChI is InChI=1S/C12H17FN2O4S/c1-18-12(4-5-19-8-12)7-15-20(16,17)11-6-9(13)2-3-10(11)14/h2-3,6,15H,4-5,7-8,14H2,1H3. The van der Waals surface area contributed by atoms with Gasteiger partial charge in [-0.15, -0.1) is 0 Å². The van der Waals surface area contributed by atoms with Gasteiger partial charge in [-0.1, -0.05) is 0 Å². The number of sulfonamides is 1. The van der Waals surface area contributed by atoms with E-state index >= 15 is 0 Å². The highest BCUT2D eigenvalue weighted by atomic mass is 32.2. The molecule has 0 aliphatic carbocycles. The molecule has 0 bridgehead atoms. The van der Waals surface area contributed by atoms with Crippen molar-refractivity contribution in [2.24, 2.45) is 0 Å². The summed E-state index contributed by atoms with van der Waals surface area (Å²) < 4.78 is 50.4. The number of nitrogen functional groups attached to an aromatic ring is 1. The van der Waals surface area contributed by atoms with Crippen molar-refractivity contribution in [3.63, 3.8) is 0 Å². The van der Waals surface area contributed by atoms with Gasteiger partial charge in [0.05, 0.1) is 12.3 Å². The van der Waals surface area contributed by atoms with Crippen molar-refractivity contribution >= 4 is 15.7 Å². The van der Waals surface area contributed by atoms with Crippen molar-refractivity contribution in [2.45, 2.75) is 16.9 Å². The minimum atomic E-state index is -3.90. The van der Waals surface area contributed by atoms with Gasteiger partial charge in [0.15, 0.2) is 0 Å². The SMILES string of the molecule is COC1(CNS(=O)(=O)c2cc(F)ccc2N)CCOC1. The summed E-state index contributed by atoms with van der Waals surface area (Å²) in [6.45, 7) is 0.865. The highest BCUT2D eigenvalue weighted by Gasteiger charge is 2.36. The Hall–Kier alpha value is -1.22. The van der Waals surface area contributed by atoms with Crippen LogP contribution in [0.3, 0.4) is 0 Å². The largest absolute Gasteiger partial charge is 0.398 e. The lowest BCUT2D eigenvalue weighted by atomic mass is 10.0. The Morgan fingerprint density at radius 2 is 2.30 bits per heavy atom. The minimum absolute atomic E-state index is 0.00645. The van der Waals surface area contributed by atoms with Crippen LogP contribution in [0.25, 0.3) is 0 Å². The van der Waals surface area contributed by atoms with Crippen LogP contribution in [0.4, 0.5) is 10.1 Å². The lowest BCUT2D eigenvalue weighted by Gasteiger charge is -2.25. The number of nitrogens with one attached hydrogen (secondary N) is 1. The highest BCUT2D eigenvalue weighted by molar-refractivity contribution is 7.89. The Bertz CT molecular complexity index is 585. The third-order valence-electron chi connectivity index (χ3n) is 3.35. The molecule has 0 spiro atoms. The van der Waals surface area contributed by atoms with E-state index in [-0.39, 0.29) is 17.1 Å². The number of rotatable bonds is 5. The van der Waals surface area contributed by atoms with Gasteiger partial charge in [0.1, 0.15) is 16.3 Å². The molecule has 20 heavy (non-hydrogen) atoms. The van der Waals surface area contributed by atoms with Gasteiger partial charge in [0.25, 0.3) is 0 Å². The van der Waals surface area contributed by atoms with E-state index in [0.717, 1.165) is 12.1 Å². The Morgan fingerprint density at radius 3 is 2.90 bits per heavy atom. The summed E-state index contributed by atoms with van der Waals surface area (Å²) in [5.74, 6) is -0.662. The van der Waals surface area contributed by atoms with E-state index in [1.807, 2.05) is 0 Å². The molecule has 0 amide bonds. The van der Waals surface area contributed by atoms with Gasteiger partial charge in [0.2, 0.25) is 10.0 Å². The second-order valence-corrected chi connectivity index (χ2v) is 6.43. The fourth-order valence-corrected chi connectivity index (χ4v) is 3.26. The van der Waals surface area contributed by atoms with E-state index in [1.54, 1.807) is 0 Å². The van der Waals surface area contributed by atoms with Gasteiger partial charge in [-0.25, -0.2) is 17.5 Å². The molecule has 8 heteroatoms. The molecule has 1 aliphatic heterocycles. The number of benzene rings is 1. The Labute approximate surface area is 117 Å². The minimum Gasteiger partial charge on any atom is -0.398 e. The molecule has 2 rings (SSSR count). The molecule has 0 saturated carbocycles. The summed E-state index contributed by atoms with van der Waals surface area (Å²) in [5, 5.41) is 0. The summed E-state index contributed by atoms with van der Waals surface area (Å²) in [5.41, 5.74) is 4.89. The van der Waals surface area contributed by atoms with Crippen molar-refractivity contribution in [3.05, 3.63) is 24.0 Å². The van der Waals surface area contributed by atoms with Crippen LogP contribution in [-0.4, -0.2) is 40.9 Å². The predicted octanol–water partition coefficient (Wildman–Crippen LogP) is 0.492. The zero-order valence-electron chi connectivity index (χ0n) is 11.1. The number of halogens is 1. The maximum atomic E-state index is 13.2. The number of hydrogen-bond acceptors (Lipinski definition) is 5. The van der Waals surface area contributed by atoms with Gasteiger partial charge in [-0.2, -0.15) is 0 Å². The van der Waals surface area contributed by atoms with E-state index < -0.39 is 21.4 Å². The summed E-state index contributed by atoms with van der Waals surface area (Å²) in [6.07, 6.45) is 0.588. The zero-order chi connectivity index (χ0) is 14.8. The molecular formula is C12H17FN2O4S. The van der Waals surface area contributed by atoms with Crippen LogP contribution >= 0.6 is 0 Å². The van der Waals surface area contributed by atoms with Crippen LogP contribution < -0.4 is 10.5 Å². The molecule has 0 radical (unpaired) electrons. The van der Waals surface area contributed by atoms with Crippen molar-refractivity contribution < 1.29 is 22.3 Å². The summed E-state index contributed by atoms with van der Waals surface area (Å²) in [7, 11) is -2.40. The van der Waals surface area contributed by atoms with Crippen molar-refractivity contribution in [1.82, 2.24) is 4.72 Å². The first-order chi connectivity index (χ1) is 9.38. The summed E-state index contributed by atoms with van der Waals surface area (Å²) in [4.78, 5) is -0.275. The fourth-order valence-electron chi connectivity index (χ4n) is 2.01. The number of ether oxygens (including phenoxy) is 2. The molecule has 1 saturated heterocycles. The average Bonchev–Trinajstić information content (AvgIpc) is 2.89. The molecule has 6 nitrogen and oxygen atoms in total. The molecule has 1 heterocycles. The Balaban J connectivity index is 2.17. The lowest BCUT2D eigenvalue weighted by Crippen LogP contribution is -2.45. The number of methoxy groups -OCH3 is 1. The molecular weight excluding hydrogens is 287 g/mol. The summed E-state index contributed by atoms with van der Waals surface area (Å²) >= 11 is 0. The first-order valence-electron chi connectivity index (χ1n) is 6.06. The molecule has 1 unspecified atom stereocenters. The van der Waals surface area contributed by atoms with E-state index in [1.165, 1.54) is 13.2 Å². The third kappa shape index (κ3) is 3.09. The highest BCUT2D eigenvalue weighted by Crippen LogP contribution is 2.24. The predicted molar refractivity (Wildman–Crippen MR) is 71.2 cm³/mol. The molecule has 1 fully saturated rings. The lowest BCUT2D eigenvalue weighted by molar-refractivity contribution is -0.0120. The van der Waals surface area contributed by atoms with E-state index in [9.17, 15) is 12.8 Å². The van der Waals surface area contributed by atoms with E-state index in [2.05, 4.69) is 4.72 Å². The molecule has 1 aliphatic rings. The van der Waals surface area contributed by atoms with Crippen LogP contribution in [-0.2, 0) is 19.5 Å². The van der Waals surface area contributed by atoms with Crippen LogP contribution in [0, 0.1) is 5.82 Å². The molecule has 1 atom stereocenters. The Kier molecular flexibility index (Phi) is 4.28. The van der Waals surface area contributed by atoms with Crippen LogP contribution in [0.1, 0.15) is 6.42 Å². The van der Waals surface area contributed by atoms with Crippen molar-refractivity contribution in [1.29, 1.82) is 0 Å². The maximum Gasteiger partial charge on any atom is 0.242 e. The molecule has 3 N–H and O–H groups in total. The topological polar surface area (TPSA) is 90.7 Å². The normalized spacial score (nSPS) is 23.1. The zero-order valence-corrected chi connectivity index (χ0v) is 11.9. The second-order valence-electron chi connectivity index (χ2n) is 4.70. The van der Waals surface area contributed by atoms with E-state index in [0.29, 0.717) is 19.6 Å². The average molecular weight is 304 g/mol. The van der Waals surface area contributed by atoms with Gasteiger partial charge in [0, 0.05) is 26.7 Å². The van der Waals surface area contributed by atoms with Gasteiger partial charge in [-0.05, 0) is 18.2 Å². The number of nitrogens with two attached hydrogens (primary N) is 1. The smallest absolute Gasteiger partial charge is 0.242 e. The van der Waals surface area contributed by atoms with E-state index in [4.69, 9.17) is 15.2 Å². The number of hydrogen-bond donors (Lipinski definition) is 2. The Morgan fingerprint density at radius 1 is 1.55 bits per heavy atom. The first kappa shape index (κ1) is 15.2. The molecule has 112 valence electrons. The molecule has 0 aromatic heterocycles. The van der Waals surface area contributed by atoms with Crippen molar-refractivity contribution in [2.75, 3.05) is 32.6 Å². The van der Waals surface area contributed by atoms with Crippen LogP contribution in [0.15, 0.2) is 23.1 Å².